The van der Waals surface area contributed by atoms with Gasteiger partial charge in [-0.15, -0.1) is 0 Å². The fraction of sp³-hybridized carbons (Fsp3) is 0.297. The predicted molar refractivity (Wildman–Crippen MR) is 179 cm³/mol. The summed E-state index contributed by atoms with van der Waals surface area (Å²) in [7, 11) is 0. The minimum atomic E-state index is -0.410. The van der Waals surface area contributed by atoms with Crippen molar-refractivity contribution in [1.29, 1.82) is 0 Å². The summed E-state index contributed by atoms with van der Waals surface area (Å²) in [6, 6.07) is 28.1. The lowest BCUT2D eigenvalue weighted by Gasteiger charge is -2.06. The van der Waals surface area contributed by atoms with E-state index in [1.807, 2.05) is 48.5 Å². The van der Waals surface area contributed by atoms with Gasteiger partial charge in [-0.05, 0) is 116 Å². The zero-order valence-corrected chi connectivity index (χ0v) is 26.8. The second-order valence-corrected chi connectivity index (χ2v) is 11.3. The molecular weight excluding hydrogens is 628 g/mol. The van der Waals surface area contributed by atoms with Gasteiger partial charge in [-0.2, -0.15) is 20.5 Å². The number of esters is 2. The van der Waals surface area contributed by atoms with Crippen LogP contribution in [0.5, 0.6) is 11.5 Å². The topological polar surface area (TPSA) is 146 Å². The standard InChI is InChI=1S/C37H36N4O8/c42-36(26-4-8-28(9-5-26)38-40-30-12-16-32(17-13-30)46-22-34-24-48-34)44-20-2-1-3-21-45-37(43)27-6-10-29(11-7-27)39-41-31-14-18-33(19-15-31)47-23-35-25-49-35/h4-19,34-35H,1-3,20-25H2. The Morgan fingerprint density at radius 2 is 0.837 bits per heavy atom. The molecule has 2 fully saturated rings. The molecule has 2 aliphatic heterocycles. The van der Waals surface area contributed by atoms with Crippen LogP contribution in [0.3, 0.4) is 0 Å². The third-order valence-electron chi connectivity index (χ3n) is 7.37. The zero-order valence-electron chi connectivity index (χ0n) is 26.8. The molecule has 4 aromatic rings. The van der Waals surface area contributed by atoms with E-state index in [1.165, 1.54) is 0 Å². The van der Waals surface area contributed by atoms with Gasteiger partial charge in [0.15, 0.2) is 0 Å². The molecule has 12 nitrogen and oxygen atoms in total. The predicted octanol–water partition coefficient (Wildman–Crippen LogP) is 8.26. The lowest BCUT2D eigenvalue weighted by molar-refractivity contribution is 0.0478. The minimum Gasteiger partial charge on any atom is -0.491 e. The summed E-state index contributed by atoms with van der Waals surface area (Å²) < 4.78 is 32.3. The number of hydrogen-bond donors (Lipinski definition) is 0. The Kier molecular flexibility index (Phi) is 11.7. The quantitative estimate of drug-likeness (QED) is 0.0447. The fourth-order valence-electron chi connectivity index (χ4n) is 4.36. The van der Waals surface area contributed by atoms with E-state index in [1.54, 1.807) is 48.5 Å². The molecule has 0 saturated carbocycles. The van der Waals surface area contributed by atoms with Gasteiger partial charge in [0, 0.05) is 0 Å². The molecule has 0 amide bonds. The summed E-state index contributed by atoms with van der Waals surface area (Å²) in [5.41, 5.74) is 3.46. The Hall–Kier alpha value is -5.46. The van der Waals surface area contributed by atoms with Gasteiger partial charge in [0.2, 0.25) is 0 Å². The van der Waals surface area contributed by atoms with E-state index in [9.17, 15) is 9.59 Å². The molecule has 2 unspecified atom stereocenters. The Bertz CT molecular complexity index is 1590. The fourth-order valence-corrected chi connectivity index (χ4v) is 4.36. The highest BCUT2D eigenvalue weighted by Gasteiger charge is 2.23. The van der Waals surface area contributed by atoms with Crippen molar-refractivity contribution in [1.82, 2.24) is 0 Å². The molecule has 49 heavy (non-hydrogen) atoms. The van der Waals surface area contributed by atoms with E-state index >= 15 is 0 Å². The Morgan fingerprint density at radius 1 is 0.510 bits per heavy atom. The first-order valence-corrected chi connectivity index (χ1v) is 16.1. The maximum Gasteiger partial charge on any atom is 0.338 e. The number of ether oxygens (including phenoxy) is 6. The molecule has 2 atom stereocenters. The number of nitrogens with zero attached hydrogens (tertiary/aromatic N) is 4. The van der Waals surface area contributed by atoms with E-state index < -0.39 is 11.9 Å². The number of hydrogen-bond acceptors (Lipinski definition) is 12. The van der Waals surface area contributed by atoms with Gasteiger partial charge in [0.1, 0.15) is 36.9 Å². The maximum absolute atomic E-state index is 12.4. The number of carbonyl (C=O) groups excluding carboxylic acids is 2. The van der Waals surface area contributed by atoms with Crippen molar-refractivity contribution in [3.63, 3.8) is 0 Å². The number of azo groups is 2. The van der Waals surface area contributed by atoms with Crippen LogP contribution in [0.4, 0.5) is 22.7 Å². The van der Waals surface area contributed by atoms with Crippen LogP contribution < -0.4 is 9.47 Å². The normalized spacial score (nSPS) is 16.4. The van der Waals surface area contributed by atoms with Crippen molar-refractivity contribution in [2.75, 3.05) is 39.6 Å². The minimum absolute atomic E-state index is 0.204. The molecule has 0 spiro atoms. The third kappa shape index (κ3) is 11.3. The highest BCUT2D eigenvalue weighted by atomic mass is 16.6. The molecule has 2 heterocycles. The average molecular weight is 665 g/mol. The third-order valence-corrected chi connectivity index (χ3v) is 7.37. The van der Waals surface area contributed by atoms with Crippen molar-refractivity contribution in [2.45, 2.75) is 31.5 Å². The number of carbonyl (C=O) groups is 2. The van der Waals surface area contributed by atoms with Crippen LogP contribution in [-0.4, -0.2) is 63.8 Å². The summed E-state index contributed by atoms with van der Waals surface area (Å²) in [6.07, 6.45) is 2.45. The lowest BCUT2D eigenvalue weighted by Crippen LogP contribution is -2.08. The van der Waals surface area contributed by atoms with Gasteiger partial charge in [0.05, 0.1) is 60.3 Å². The summed E-state index contributed by atoms with van der Waals surface area (Å²) >= 11 is 0. The second-order valence-electron chi connectivity index (χ2n) is 11.3. The number of benzene rings is 4. The smallest absolute Gasteiger partial charge is 0.338 e. The SMILES string of the molecule is O=C(OCCCCCOC(=O)c1ccc(N=Nc2ccc(OCC3CO3)cc2)cc1)c1ccc(N=Nc2ccc(OCC3CO3)cc2)cc1. The van der Waals surface area contributed by atoms with Gasteiger partial charge < -0.3 is 28.4 Å². The van der Waals surface area contributed by atoms with E-state index in [-0.39, 0.29) is 25.4 Å². The molecule has 2 saturated heterocycles. The maximum atomic E-state index is 12.4. The Labute approximate surface area is 283 Å². The van der Waals surface area contributed by atoms with Crippen molar-refractivity contribution in [3.05, 3.63) is 108 Å². The van der Waals surface area contributed by atoms with Crippen molar-refractivity contribution >= 4 is 34.7 Å². The molecule has 4 aromatic carbocycles. The van der Waals surface area contributed by atoms with Crippen LogP contribution >= 0.6 is 0 Å². The van der Waals surface area contributed by atoms with Gasteiger partial charge in [-0.3, -0.25) is 0 Å². The molecule has 0 radical (unpaired) electrons. The highest BCUT2D eigenvalue weighted by Crippen LogP contribution is 2.24. The first-order chi connectivity index (χ1) is 24.1. The molecular formula is C37H36N4O8. The summed E-state index contributed by atoms with van der Waals surface area (Å²) in [6.45, 7) is 3.14. The first kappa shape index (κ1) is 33.4. The molecule has 12 heteroatoms. The summed E-state index contributed by atoms with van der Waals surface area (Å²) in [5.74, 6) is 0.689. The van der Waals surface area contributed by atoms with E-state index in [4.69, 9.17) is 28.4 Å². The van der Waals surface area contributed by atoms with Gasteiger partial charge in [0.25, 0.3) is 0 Å². The van der Waals surface area contributed by atoms with Crippen LogP contribution in [0.1, 0.15) is 40.0 Å². The van der Waals surface area contributed by atoms with Crippen molar-refractivity contribution in [2.24, 2.45) is 20.5 Å². The molecule has 0 aliphatic carbocycles. The molecule has 0 bridgehead atoms. The number of unbranched alkanes of at least 4 members (excludes halogenated alkanes) is 2. The van der Waals surface area contributed by atoms with Crippen LogP contribution in [0, 0.1) is 0 Å². The second kappa shape index (κ2) is 17.1. The lowest BCUT2D eigenvalue weighted by atomic mass is 10.2. The molecule has 0 N–H and O–H groups in total. The van der Waals surface area contributed by atoms with E-state index in [0.29, 0.717) is 59.9 Å². The molecule has 6 rings (SSSR count). The van der Waals surface area contributed by atoms with Crippen LogP contribution in [0.2, 0.25) is 0 Å². The van der Waals surface area contributed by atoms with Crippen LogP contribution in [0.15, 0.2) is 118 Å². The highest BCUT2D eigenvalue weighted by molar-refractivity contribution is 5.90. The number of rotatable bonds is 18. The van der Waals surface area contributed by atoms with Gasteiger partial charge in [-0.25, -0.2) is 9.59 Å². The summed E-state index contributed by atoms with van der Waals surface area (Å²) in [5, 5.41) is 16.9. The molecule has 0 aromatic heterocycles. The summed E-state index contributed by atoms with van der Waals surface area (Å²) in [4.78, 5) is 24.8. The largest absolute Gasteiger partial charge is 0.491 e. The molecule has 2 aliphatic rings. The van der Waals surface area contributed by atoms with Gasteiger partial charge >= 0.3 is 11.9 Å². The van der Waals surface area contributed by atoms with Crippen molar-refractivity contribution in [3.8, 4) is 11.5 Å². The average Bonchev–Trinajstić information content (AvgIpc) is 4.09. The molecule has 252 valence electrons. The van der Waals surface area contributed by atoms with Gasteiger partial charge in [-0.1, -0.05) is 0 Å². The van der Waals surface area contributed by atoms with E-state index in [2.05, 4.69) is 20.5 Å². The Balaban J connectivity index is 0.823. The van der Waals surface area contributed by atoms with E-state index in [0.717, 1.165) is 31.1 Å². The van der Waals surface area contributed by atoms with Crippen molar-refractivity contribution < 1.29 is 38.0 Å². The van der Waals surface area contributed by atoms with Crippen LogP contribution in [0.25, 0.3) is 0 Å². The monoisotopic (exact) mass is 664 g/mol. The number of epoxide rings is 2. The Morgan fingerprint density at radius 3 is 1.16 bits per heavy atom. The zero-order chi connectivity index (χ0) is 33.7. The van der Waals surface area contributed by atoms with Crippen LogP contribution in [-0.2, 0) is 18.9 Å². The first-order valence-electron chi connectivity index (χ1n) is 16.1.